The number of carbonyl (C=O) groups excluding carboxylic acids is 1. The van der Waals surface area contributed by atoms with Crippen LogP contribution >= 0.6 is 11.8 Å². The molecule has 0 bridgehead atoms. The molecule has 2 aromatic rings. The molecule has 1 fully saturated rings. The number of rotatable bonds is 4. The molecule has 1 aromatic carbocycles. The summed E-state index contributed by atoms with van der Waals surface area (Å²) < 4.78 is 18.9. The molecule has 1 N–H and O–H groups in total. The van der Waals surface area contributed by atoms with Crippen LogP contribution < -0.4 is 4.74 Å². The number of ether oxygens (including phenoxy) is 1. The lowest BCUT2D eigenvalue weighted by Crippen LogP contribution is -2.48. The summed E-state index contributed by atoms with van der Waals surface area (Å²) >= 11 is 1.85. The number of aromatic amines is 1. The van der Waals surface area contributed by atoms with Gasteiger partial charge in [0.15, 0.2) is 5.69 Å². The minimum Gasteiger partial charge on any atom is -0.496 e. The van der Waals surface area contributed by atoms with E-state index in [2.05, 4.69) is 15.1 Å². The highest BCUT2D eigenvalue weighted by Gasteiger charge is 2.28. The zero-order valence-electron chi connectivity index (χ0n) is 15.3. The molecule has 0 saturated carbocycles. The van der Waals surface area contributed by atoms with E-state index in [9.17, 15) is 9.18 Å². The van der Waals surface area contributed by atoms with Gasteiger partial charge in [0.05, 0.1) is 7.11 Å². The Kier molecular flexibility index (Phi) is 5.36. The molecule has 2 aliphatic rings. The first-order valence-electron chi connectivity index (χ1n) is 9.13. The normalized spacial score (nSPS) is 17.6. The minimum atomic E-state index is -0.263. The lowest BCUT2D eigenvalue weighted by atomic mass is 10.1. The summed E-state index contributed by atoms with van der Waals surface area (Å²) in [7, 11) is 1.59. The maximum atomic E-state index is 13.6. The lowest BCUT2D eigenvalue weighted by molar-refractivity contribution is 0.0621. The Bertz CT molecular complexity index is 833. The van der Waals surface area contributed by atoms with Gasteiger partial charge in [0, 0.05) is 55.3 Å². The number of benzene rings is 1. The molecule has 27 heavy (non-hydrogen) atoms. The summed E-state index contributed by atoms with van der Waals surface area (Å²) in [6.45, 7) is 3.38. The molecular formula is C19H23FN4O2S. The molecule has 4 rings (SSSR count). The topological polar surface area (TPSA) is 61.5 Å². The molecule has 0 radical (unpaired) electrons. The van der Waals surface area contributed by atoms with Crippen molar-refractivity contribution >= 4 is 17.7 Å². The highest BCUT2D eigenvalue weighted by atomic mass is 32.2. The van der Waals surface area contributed by atoms with Crippen molar-refractivity contribution in [2.45, 2.75) is 18.7 Å². The van der Waals surface area contributed by atoms with Gasteiger partial charge in [-0.2, -0.15) is 16.9 Å². The molecule has 1 saturated heterocycles. The van der Waals surface area contributed by atoms with Gasteiger partial charge in [0.1, 0.15) is 11.6 Å². The van der Waals surface area contributed by atoms with Crippen LogP contribution in [0.15, 0.2) is 18.2 Å². The number of H-pyrrole nitrogens is 1. The van der Waals surface area contributed by atoms with E-state index in [0.29, 0.717) is 31.1 Å². The van der Waals surface area contributed by atoms with Crippen LogP contribution in [0.1, 0.15) is 27.3 Å². The molecular weight excluding hydrogens is 367 g/mol. The fraction of sp³-hybridized carbons (Fsp3) is 0.474. The highest BCUT2D eigenvalue weighted by Crippen LogP contribution is 2.27. The molecule has 0 spiro atoms. The number of carbonyl (C=O) groups is 1. The van der Waals surface area contributed by atoms with Crippen molar-refractivity contribution < 1.29 is 13.9 Å². The second-order valence-corrected chi connectivity index (χ2v) is 7.96. The van der Waals surface area contributed by atoms with Crippen molar-refractivity contribution in [1.29, 1.82) is 0 Å². The maximum Gasteiger partial charge on any atom is 0.274 e. The van der Waals surface area contributed by atoms with Gasteiger partial charge in [0.2, 0.25) is 0 Å². The number of nitrogens with zero attached hydrogens (tertiary/aromatic N) is 3. The summed E-state index contributed by atoms with van der Waals surface area (Å²) in [5.41, 5.74) is 3.59. The lowest BCUT2D eigenvalue weighted by Gasteiger charge is -2.34. The Morgan fingerprint density at radius 1 is 1.33 bits per heavy atom. The van der Waals surface area contributed by atoms with Crippen LogP contribution in [0.4, 0.5) is 4.39 Å². The first-order chi connectivity index (χ1) is 13.2. The Labute approximate surface area is 162 Å². The number of hydrogen-bond donors (Lipinski definition) is 1. The zero-order valence-corrected chi connectivity index (χ0v) is 16.1. The van der Waals surface area contributed by atoms with E-state index in [1.165, 1.54) is 12.1 Å². The number of nitrogens with one attached hydrogen (secondary N) is 1. The number of methoxy groups -OCH3 is 1. The van der Waals surface area contributed by atoms with Gasteiger partial charge in [-0.1, -0.05) is 0 Å². The van der Waals surface area contributed by atoms with Crippen molar-refractivity contribution in [1.82, 2.24) is 20.0 Å². The van der Waals surface area contributed by atoms with Crippen LogP contribution in [-0.4, -0.2) is 64.9 Å². The minimum absolute atomic E-state index is 0.0120. The Balaban J connectivity index is 1.38. The van der Waals surface area contributed by atoms with E-state index in [1.54, 1.807) is 13.2 Å². The van der Waals surface area contributed by atoms with Crippen molar-refractivity contribution in [2.24, 2.45) is 0 Å². The van der Waals surface area contributed by atoms with Gasteiger partial charge in [-0.15, -0.1) is 0 Å². The number of hydrogen-bond acceptors (Lipinski definition) is 5. The third-order valence-corrected chi connectivity index (χ3v) is 6.18. The molecule has 1 aromatic heterocycles. The second kappa shape index (κ2) is 7.90. The number of amides is 1. The summed E-state index contributed by atoms with van der Waals surface area (Å²) in [6, 6.07) is 4.58. The van der Waals surface area contributed by atoms with Crippen LogP contribution in [0.3, 0.4) is 0 Å². The first kappa shape index (κ1) is 18.3. The smallest absolute Gasteiger partial charge is 0.274 e. The number of aryl methyl sites for hydroxylation is 1. The van der Waals surface area contributed by atoms with E-state index in [0.717, 1.165) is 47.8 Å². The van der Waals surface area contributed by atoms with E-state index >= 15 is 0 Å². The van der Waals surface area contributed by atoms with Gasteiger partial charge in [-0.05, 0) is 30.4 Å². The van der Waals surface area contributed by atoms with E-state index in [1.807, 2.05) is 16.7 Å². The monoisotopic (exact) mass is 390 g/mol. The maximum absolute atomic E-state index is 13.6. The number of halogens is 1. The van der Waals surface area contributed by atoms with Crippen molar-refractivity contribution in [3.63, 3.8) is 0 Å². The first-order valence-corrected chi connectivity index (χ1v) is 10.3. The molecule has 8 heteroatoms. The Morgan fingerprint density at radius 3 is 2.93 bits per heavy atom. The van der Waals surface area contributed by atoms with Crippen LogP contribution in [0.25, 0.3) is 0 Å². The molecule has 0 atom stereocenters. The molecule has 144 valence electrons. The van der Waals surface area contributed by atoms with Crippen LogP contribution in [-0.2, 0) is 18.7 Å². The fourth-order valence-corrected chi connectivity index (χ4v) is 4.67. The van der Waals surface area contributed by atoms with E-state index in [-0.39, 0.29) is 11.7 Å². The van der Waals surface area contributed by atoms with Crippen LogP contribution in [0.2, 0.25) is 0 Å². The number of thioether (sulfide) groups is 1. The zero-order chi connectivity index (χ0) is 18.8. The second-order valence-electron chi connectivity index (χ2n) is 6.86. The average Bonchev–Trinajstić information content (AvgIpc) is 3.12. The van der Waals surface area contributed by atoms with Crippen molar-refractivity contribution in [3.05, 3.63) is 46.5 Å². The number of aromatic nitrogens is 2. The van der Waals surface area contributed by atoms with Gasteiger partial charge < -0.3 is 9.64 Å². The molecule has 2 aliphatic heterocycles. The Hall–Kier alpha value is -2.06. The number of piperazine rings is 1. The van der Waals surface area contributed by atoms with Gasteiger partial charge >= 0.3 is 0 Å². The number of fused-ring (bicyclic) bond motifs is 1. The van der Waals surface area contributed by atoms with Crippen molar-refractivity contribution in [2.75, 3.05) is 39.0 Å². The molecule has 1 amide bonds. The van der Waals surface area contributed by atoms with Crippen LogP contribution in [0.5, 0.6) is 5.75 Å². The average molecular weight is 390 g/mol. The molecule has 3 heterocycles. The SMILES string of the molecule is COc1ccc(F)cc1CN1CCN(C(=O)c2n[nH]c3c2CSCC3)CC1. The van der Waals surface area contributed by atoms with Gasteiger partial charge in [-0.25, -0.2) is 4.39 Å². The third-order valence-electron chi connectivity index (χ3n) is 5.19. The third kappa shape index (κ3) is 3.82. The molecule has 0 aliphatic carbocycles. The largest absolute Gasteiger partial charge is 0.496 e. The fourth-order valence-electron chi connectivity index (χ4n) is 3.66. The Morgan fingerprint density at radius 2 is 2.15 bits per heavy atom. The molecule has 6 nitrogen and oxygen atoms in total. The van der Waals surface area contributed by atoms with Gasteiger partial charge in [-0.3, -0.25) is 14.8 Å². The van der Waals surface area contributed by atoms with Gasteiger partial charge in [0.25, 0.3) is 5.91 Å². The van der Waals surface area contributed by atoms with Crippen LogP contribution in [0, 0.1) is 5.82 Å². The molecule has 0 unspecified atom stereocenters. The van der Waals surface area contributed by atoms with E-state index in [4.69, 9.17) is 4.74 Å². The summed E-state index contributed by atoms with van der Waals surface area (Å²) in [5, 5.41) is 7.33. The van der Waals surface area contributed by atoms with Crippen molar-refractivity contribution in [3.8, 4) is 5.75 Å². The standard InChI is InChI=1S/C19H23FN4O2S/c1-26-17-3-2-14(20)10-13(17)11-23-5-7-24(8-6-23)19(25)18-15-12-27-9-4-16(15)21-22-18/h2-3,10H,4-9,11-12H2,1H3,(H,21,22). The summed E-state index contributed by atoms with van der Waals surface area (Å²) in [5.74, 6) is 2.37. The quantitative estimate of drug-likeness (QED) is 0.868. The van der Waals surface area contributed by atoms with E-state index < -0.39 is 0 Å². The predicted molar refractivity (Wildman–Crippen MR) is 103 cm³/mol. The predicted octanol–water partition coefficient (Wildman–Crippen LogP) is 2.30. The highest BCUT2D eigenvalue weighted by molar-refractivity contribution is 7.98. The summed E-state index contributed by atoms with van der Waals surface area (Å²) in [4.78, 5) is 17.0. The summed E-state index contributed by atoms with van der Waals surface area (Å²) in [6.07, 6.45) is 0.948.